The molecule has 0 saturated heterocycles. The number of carbonyl (C=O) groups is 1. The number of allylic oxidation sites excluding steroid dienone is 1. The summed E-state index contributed by atoms with van der Waals surface area (Å²) in [4.78, 5) is 14.2. The second kappa shape index (κ2) is 6.89. The van der Waals surface area contributed by atoms with E-state index in [4.69, 9.17) is 0 Å². The Balaban J connectivity index is 2.87. The van der Waals surface area contributed by atoms with Crippen molar-refractivity contribution >= 4 is 5.78 Å². The van der Waals surface area contributed by atoms with Crippen LogP contribution in [0.5, 0.6) is 0 Å². The number of hydrogen-bond acceptors (Lipinski definition) is 2. The lowest BCUT2D eigenvalue weighted by atomic mass is 9.99. The third-order valence-electron chi connectivity index (χ3n) is 2.54. The molecule has 0 aliphatic heterocycles. The smallest absolute Gasteiger partial charge is 0.190 e. The van der Waals surface area contributed by atoms with Crippen LogP contribution in [0.2, 0.25) is 0 Å². The Morgan fingerprint density at radius 2 is 1.88 bits per heavy atom. The minimum absolute atomic E-state index is 0.146. The summed E-state index contributed by atoms with van der Waals surface area (Å²) in [6.45, 7) is 2.14. The molecular weight excluding hydrogens is 210 g/mol. The van der Waals surface area contributed by atoms with E-state index in [9.17, 15) is 4.79 Å². The second-order valence-corrected chi connectivity index (χ2v) is 4.42. The molecule has 17 heavy (non-hydrogen) atoms. The van der Waals surface area contributed by atoms with E-state index >= 15 is 0 Å². The van der Waals surface area contributed by atoms with Crippen molar-refractivity contribution < 1.29 is 4.79 Å². The fraction of sp³-hybridized carbons (Fsp3) is 0.400. The zero-order valence-corrected chi connectivity index (χ0v) is 10.9. The number of hydrogen-bond donors (Lipinski definition) is 0. The summed E-state index contributed by atoms with van der Waals surface area (Å²) in [6, 6.07) is 9.48. The third kappa shape index (κ3) is 4.43. The Morgan fingerprint density at radius 3 is 2.41 bits per heavy atom. The van der Waals surface area contributed by atoms with Crippen molar-refractivity contribution in [3.63, 3.8) is 0 Å². The molecule has 2 nitrogen and oxygen atoms in total. The zero-order valence-electron chi connectivity index (χ0n) is 10.9. The molecule has 1 rings (SSSR count). The van der Waals surface area contributed by atoms with Crippen molar-refractivity contribution in [3.8, 4) is 0 Å². The Bertz CT molecular complexity index is 379. The number of carbonyl (C=O) groups excluding carboxylic acids is 1. The lowest BCUT2D eigenvalue weighted by Crippen LogP contribution is -2.10. The van der Waals surface area contributed by atoms with E-state index in [1.165, 1.54) is 0 Å². The molecule has 2 heteroatoms. The predicted molar refractivity (Wildman–Crippen MR) is 72.1 cm³/mol. The van der Waals surface area contributed by atoms with E-state index < -0.39 is 0 Å². The fourth-order valence-electron chi connectivity index (χ4n) is 1.69. The van der Waals surface area contributed by atoms with E-state index in [1.54, 1.807) is 0 Å². The highest BCUT2D eigenvalue weighted by molar-refractivity contribution is 6.08. The standard InChI is InChI=1S/C15H21NO/c1-4-5-9-14(12-16(2)3)15(17)13-10-7-6-8-11-13/h6-8,10-12H,4-5,9H2,1-3H3/b14-12-. The molecule has 0 bridgehead atoms. The van der Waals surface area contributed by atoms with E-state index in [-0.39, 0.29) is 5.78 Å². The Labute approximate surface area is 104 Å². The van der Waals surface area contributed by atoms with Gasteiger partial charge in [0.25, 0.3) is 0 Å². The van der Waals surface area contributed by atoms with Crippen molar-refractivity contribution in [1.29, 1.82) is 0 Å². The maximum atomic E-state index is 12.3. The van der Waals surface area contributed by atoms with Gasteiger partial charge in [0.2, 0.25) is 0 Å². The molecule has 0 aliphatic rings. The number of benzene rings is 1. The molecule has 92 valence electrons. The van der Waals surface area contributed by atoms with Gasteiger partial charge in [-0.3, -0.25) is 4.79 Å². The molecule has 0 atom stereocenters. The predicted octanol–water partition coefficient (Wildman–Crippen LogP) is 3.51. The minimum atomic E-state index is 0.146. The Morgan fingerprint density at radius 1 is 1.24 bits per heavy atom. The lowest BCUT2D eigenvalue weighted by molar-refractivity contribution is 0.102. The summed E-state index contributed by atoms with van der Waals surface area (Å²) in [6.07, 6.45) is 4.94. The van der Waals surface area contributed by atoms with Gasteiger partial charge in [-0.2, -0.15) is 0 Å². The van der Waals surface area contributed by atoms with E-state index in [1.807, 2.05) is 55.5 Å². The lowest BCUT2D eigenvalue weighted by Gasteiger charge is -2.11. The maximum absolute atomic E-state index is 12.3. The first-order valence-corrected chi connectivity index (χ1v) is 6.12. The SMILES string of the molecule is CCCC/C(=C/N(C)C)C(=O)c1ccccc1. The average Bonchev–Trinajstić information content (AvgIpc) is 2.34. The van der Waals surface area contributed by atoms with Crippen LogP contribution in [0.4, 0.5) is 0 Å². The molecule has 1 aromatic carbocycles. The van der Waals surface area contributed by atoms with Crippen LogP contribution >= 0.6 is 0 Å². The molecule has 1 aromatic rings. The minimum Gasteiger partial charge on any atom is -0.383 e. The van der Waals surface area contributed by atoms with Gasteiger partial charge in [-0.15, -0.1) is 0 Å². The summed E-state index contributed by atoms with van der Waals surface area (Å²) in [7, 11) is 3.90. The maximum Gasteiger partial charge on any atom is 0.190 e. The summed E-state index contributed by atoms with van der Waals surface area (Å²) in [5.41, 5.74) is 1.67. The molecule has 0 aliphatic carbocycles. The van der Waals surface area contributed by atoms with Crippen molar-refractivity contribution in [1.82, 2.24) is 4.90 Å². The highest BCUT2D eigenvalue weighted by Gasteiger charge is 2.11. The molecular formula is C15H21NO. The zero-order chi connectivity index (χ0) is 12.7. The third-order valence-corrected chi connectivity index (χ3v) is 2.54. The van der Waals surface area contributed by atoms with Gasteiger partial charge in [-0.05, 0) is 12.8 Å². The first kappa shape index (κ1) is 13.5. The fourth-order valence-corrected chi connectivity index (χ4v) is 1.69. The first-order chi connectivity index (χ1) is 8.15. The number of ketones is 1. The monoisotopic (exact) mass is 231 g/mol. The molecule has 0 radical (unpaired) electrons. The van der Waals surface area contributed by atoms with Gasteiger partial charge in [0.05, 0.1) is 0 Å². The van der Waals surface area contributed by atoms with Gasteiger partial charge in [0, 0.05) is 31.4 Å². The van der Waals surface area contributed by atoms with Gasteiger partial charge in [0.1, 0.15) is 0 Å². The van der Waals surface area contributed by atoms with Crippen LogP contribution in [0.1, 0.15) is 36.5 Å². The summed E-state index contributed by atoms with van der Waals surface area (Å²) >= 11 is 0. The average molecular weight is 231 g/mol. The van der Waals surface area contributed by atoms with Crippen molar-refractivity contribution in [2.75, 3.05) is 14.1 Å². The number of nitrogens with zero attached hydrogens (tertiary/aromatic N) is 1. The molecule has 0 amide bonds. The van der Waals surface area contributed by atoms with E-state index in [0.717, 1.165) is 30.4 Å². The van der Waals surface area contributed by atoms with Crippen LogP contribution < -0.4 is 0 Å². The van der Waals surface area contributed by atoms with Gasteiger partial charge >= 0.3 is 0 Å². The van der Waals surface area contributed by atoms with Crippen LogP contribution in [0.15, 0.2) is 42.1 Å². The Hall–Kier alpha value is -1.57. The van der Waals surface area contributed by atoms with Crippen LogP contribution in [0.25, 0.3) is 0 Å². The largest absolute Gasteiger partial charge is 0.383 e. The van der Waals surface area contributed by atoms with Crippen LogP contribution in [0.3, 0.4) is 0 Å². The highest BCUT2D eigenvalue weighted by Crippen LogP contribution is 2.15. The first-order valence-electron chi connectivity index (χ1n) is 6.12. The quantitative estimate of drug-likeness (QED) is 0.551. The van der Waals surface area contributed by atoms with Gasteiger partial charge < -0.3 is 4.90 Å². The molecule has 0 unspecified atom stereocenters. The van der Waals surface area contributed by atoms with Crippen molar-refractivity contribution in [2.24, 2.45) is 0 Å². The second-order valence-electron chi connectivity index (χ2n) is 4.42. The number of unbranched alkanes of at least 4 members (excludes halogenated alkanes) is 1. The Kier molecular flexibility index (Phi) is 5.47. The van der Waals surface area contributed by atoms with E-state index in [0.29, 0.717) is 0 Å². The molecule has 0 fully saturated rings. The van der Waals surface area contributed by atoms with E-state index in [2.05, 4.69) is 6.92 Å². The van der Waals surface area contributed by atoms with Gasteiger partial charge in [-0.1, -0.05) is 43.7 Å². The van der Waals surface area contributed by atoms with Crippen LogP contribution in [-0.4, -0.2) is 24.8 Å². The molecule has 0 N–H and O–H groups in total. The summed E-state index contributed by atoms with van der Waals surface area (Å²) in [5.74, 6) is 0.146. The highest BCUT2D eigenvalue weighted by atomic mass is 16.1. The van der Waals surface area contributed by atoms with Crippen LogP contribution in [0, 0.1) is 0 Å². The van der Waals surface area contributed by atoms with Crippen molar-refractivity contribution in [2.45, 2.75) is 26.2 Å². The molecule has 0 spiro atoms. The normalized spacial score (nSPS) is 11.4. The number of Topliss-reactive ketones (excluding diaryl/α,β-unsaturated/α-hetero) is 1. The van der Waals surface area contributed by atoms with Gasteiger partial charge in [-0.25, -0.2) is 0 Å². The summed E-state index contributed by atoms with van der Waals surface area (Å²) in [5, 5.41) is 0. The van der Waals surface area contributed by atoms with Crippen molar-refractivity contribution in [3.05, 3.63) is 47.7 Å². The topological polar surface area (TPSA) is 20.3 Å². The molecule has 0 saturated carbocycles. The molecule has 0 aromatic heterocycles. The number of rotatable bonds is 6. The van der Waals surface area contributed by atoms with Gasteiger partial charge in [0.15, 0.2) is 5.78 Å². The molecule has 0 heterocycles. The van der Waals surface area contributed by atoms with Crippen LogP contribution in [-0.2, 0) is 0 Å². The summed E-state index contributed by atoms with van der Waals surface area (Å²) < 4.78 is 0.